The van der Waals surface area contributed by atoms with Gasteiger partial charge in [0.15, 0.2) is 0 Å². The lowest BCUT2D eigenvalue weighted by Crippen LogP contribution is -2.35. The maximum atomic E-state index is 12.0. The van der Waals surface area contributed by atoms with Gasteiger partial charge in [0.05, 0.1) is 6.54 Å². The second kappa shape index (κ2) is 9.06. The fourth-order valence-electron chi connectivity index (χ4n) is 2.31. The van der Waals surface area contributed by atoms with E-state index in [-0.39, 0.29) is 5.91 Å². The van der Waals surface area contributed by atoms with Gasteiger partial charge in [0.1, 0.15) is 0 Å². The van der Waals surface area contributed by atoms with Crippen LogP contribution in [0.2, 0.25) is 5.02 Å². The molecule has 0 unspecified atom stereocenters. The third-order valence-corrected chi connectivity index (χ3v) is 4.45. The van der Waals surface area contributed by atoms with Crippen LogP contribution in [-0.2, 0) is 17.8 Å². The van der Waals surface area contributed by atoms with Crippen LogP contribution in [0.1, 0.15) is 11.1 Å². The SMILES string of the molecule is CN(CC(=O)NCCc1cccc(Cl)c1)Cc1ccccc1Br. The van der Waals surface area contributed by atoms with Gasteiger partial charge in [0, 0.05) is 22.6 Å². The predicted molar refractivity (Wildman–Crippen MR) is 98.6 cm³/mol. The van der Waals surface area contributed by atoms with E-state index in [0.29, 0.717) is 13.1 Å². The minimum absolute atomic E-state index is 0.0292. The first-order valence-electron chi connectivity index (χ1n) is 7.47. The Balaban J connectivity index is 1.73. The molecule has 0 aliphatic carbocycles. The van der Waals surface area contributed by atoms with Gasteiger partial charge >= 0.3 is 0 Å². The number of benzene rings is 2. The number of hydrogen-bond donors (Lipinski definition) is 1. The zero-order chi connectivity index (χ0) is 16.7. The van der Waals surface area contributed by atoms with Crippen LogP contribution in [0.4, 0.5) is 0 Å². The molecule has 0 spiro atoms. The normalized spacial score (nSPS) is 10.8. The number of likely N-dealkylation sites (N-methyl/N-ethyl adjacent to an activating group) is 1. The summed E-state index contributed by atoms with van der Waals surface area (Å²) in [6.45, 7) is 1.71. The second-order valence-electron chi connectivity index (χ2n) is 5.49. The molecule has 0 heterocycles. The van der Waals surface area contributed by atoms with E-state index in [4.69, 9.17) is 11.6 Å². The average Bonchev–Trinajstić information content (AvgIpc) is 2.49. The zero-order valence-electron chi connectivity index (χ0n) is 13.1. The highest BCUT2D eigenvalue weighted by molar-refractivity contribution is 9.10. The van der Waals surface area contributed by atoms with Crippen molar-refractivity contribution in [2.45, 2.75) is 13.0 Å². The predicted octanol–water partition coefficient (Wildman–Crippen LogP) is 3.89. The van der Waals surface area contributed by atoms with Crippen molar-refractivity contribution in [1.29, 1.82) is 0 Å². The van der Waals surface area contributed by atoms with Gasteiger partial charge in [-0.2, -0.15) is 0 Å². The van der Waals surface area contributed by atoms with Crippen LogP contribution < -0.4 is 5.32 Å². The van der Waals surface area contributed by atoms with E-state index >= 15 is 0 Å². The largest absolute Gasteiger partial charge is 0.355 e. The summed E-state index contributed by atoms with van der Waals surface area (Å²) in [5, 5.41) is 3.67. The van der Waals surface area contributed by atoms with E-state index in [0.717, 1.165) is 28.0 Å². The summed E-state index contributed by atoms with van der Waals surface area (Å²) in [7, 11) is 1.94. The molecule has 122 valence electrons. The Kier molecular flexibility index (Phi) is 7.09. The van der Waals surface area contributed by atoms with Crippen LogP contribution in [0.5, 0.6) is 0 Å². The molecule has 1 N–H and O–H groups in total. The first-order chi connectivity index (χ1) is 11.0. The molecule has 0 bridgehead atoms. The molecular weight excluding hydrogens is 376 g/mol. The lowest BCUT2D eigenvalue weighted by atomic mass is 10.1. The van der Waals surface area contributed by atoms with Crippen molar-refractivity contribution in [2.75, 3.05) is 20.1 Å². The minimum Gasteiger partial charge on any atom is -0.355 e. The van der Waals surface area contributed by atoms with E-state index in [1.807, 2.05) is 54.4 Å². The van der Waals surface area contributed by atoms with E-state index in [1.165, 1.54) is 5.56 Å². The fraction of sp³-hybridized carbons (Fsp3) is 0.278. The van der Waals surface area contributed by atoms with Crippen molar-refractivity contribution >= 4 is 33.4 Å². The monoisotopic (exact) mass is 394 g/mol. The molecule has 3 nitrogen and oxygen atoms in total. The number of nitrogens with zero attached hydrogens (tertiary/aromatic N) is 1. The highest BCUT2D eigenvalue weighted by Crippen LogP contribution is 2.17. The lowest BCUT2D eigenvalue weighted by Gasteiger charge is -2.17. The Bertz CT molecular complexity index is 663. The van der Waals surface area contributed by atoms with Gasteiger partial charge in [0.2, 0.25) is 5.91 Å². The first kappa shape index (κ1) is 18.0. The van der Waals surface area contributed by atoms with Crippen LogP contribution in [0.15, 0.2) is 53.0 Å². The summed E-state index contributed by atoms with van der Waals surface area (Å²) in [6, 6.07) is 15.7. The standard InChI is InChI=1S/C18H20BrClN2O/c1-22(12-15-6-2-3-8-17(15)19)13-18(23)21-10-9-14-5-4-7-16(20)11-14/h2-8,11H,9-10,12-13H2,1H3,(H,21,23). The molecule has 2 aromatic rings. The van der Waals surface area contributed by atoms with Gasteiger partial charge in [-0.25, -0.2) is 0 Å². The molecular formula is C18H20BrClN2O. The summed E-state index contributed by atoms with van der Waals surface area (Å²) in [6.07, 6.45) is 0.778. The van der Waals surface area contributed by atoms with E-state index in [2.05, 4.69) is 27.3 Å². The Morgan fingerprint density at radius 2 is 2.00 bits per heavy atom. The Labute approximate surface area is 150 Å². The summed E-state index contributed by atoms with van der Waals surface area (Å²) < 4.78 is 1.06. The van der Waals surface area contributed by atoms with Crippen molar-refractivity contribution in [1.82, 2.24) is 10.2 Å². The average molecular weight is 396 g/mol. The Morgan fingerprint density at radius 3 is 2.74 bits per heavy atom. The van der Waals surface area contributed by atoms with Crippen LogP contribution in [-0.4, -0.2) is 30.9 Å². The smallest absolute Gasteiger partial charge is 0.234 e. The maximum Gasteiger partial charge on any atom is 0.234 e. The Morgan fingerprint density at radius 1 is 1.22 bits per heavy atom. The molecule has 0 radical (unpaired) electrons. The number of amides is 1. The van der Waals surface area contributed by atoms with Crippen molar-refractivity contribution < 1.29 is 4.79 Å². The molecule has 0 fully saturated rings. The van der Waals surface area contributed by atoms with Gasteiger partial charge in [-0.1, -0.05) is 57.9 Å². The summed E-state index contributed by atoms with van der Waals surface area (Å²) >= 11 is 9.47. The number of nitrogens with one attached hydrogen (secondary N) is 1. The van der Waals surface area contributed by atoms with E-state index in [9.17, 15) is 4.79 Å². The number of hydrogen-bond acceptors (Lipinski definition) is 2. The van der Waals surface area contributed by atoms with Crippen molar-refractivity contribution in [3.63, 3.8) is 0 Å². The van der Waals surface area contributed by atoms with Gasteiger partial charge < -0.3 is 5.32 Å². The van der Waals surface area contributed by atoms with Gasteiger partial charge in [-0.05, 0) is 42.8 Å². The number of carbonyl (C=O) groups excluding carboxylic acids is 1. The maximum absolute atomic E-state index is 12.0. The molecule has 0 saturated carbocycles. The number of carbonyl (C=O) groups is 1. The molecule has 0 aromatic heterocycles. The van der Waals surface area contributed by atoms with Crippen molar-refractivity contribution in [3.05, 3.63) is 69.2 Å². The first-order valence-corrected chi connectivity index (χ1v) is 8.65. The molecule has 1 amide bonds. The summed E-state index contributed by atoms with van der Waals surface area (Å²) in [4.78, 5) is 14.0. The second-order valence-corrected chi connectivity index (χ2v) is 6.78. The van der Waals surface area contributed by atoms with Gasteiger partial charge in [-0.15, -0.1) is 0 Å². The highest BCUT2D eigenvalue weighted by Gasteiger charge is 2.08. The molecule has 0 aliphatic heterocycles. The van der Waals surface area contributed by atoms with Crippen molar-refractivity contribution in [3.8, 4) is 0 Å². The summed E-state index contributed by atoms with van der Waals surface area (Å²) in [5.74, 6) is 0.0292. The summed E-state index contributed by atoms with van der Waals surface area (Å²) in [5.41, 5.74) is 2.29. The number of halogens is 2. The third kappa shape index (κ3) is 6.34. The molecule has 2 rings (SSSR count). The van der Waals surface area contributed by atoms with E-state index < -0.39 is 0 Å². The number of rotatable bonds is 7. The third-order valence-electron chi connectivity index (χ3n) is 3.44. The van der Waals surface area contributed by atoms with Gasteiger partial charge in [0.25, 0.3) is 0 Å². The topological polar surface area (TPSA) is 32.3 Å². The highest BCUT2D eigenvalue weighted by atomic mass is 79.9. The molecule has 0 aliphatic rings. The molecule has 0 saturated heterocycles. The van der Waals surface area contributed by atoms with Gasteiger partial charge in [-0.3, -0.25) is 9.69 Å². The van der Waals surface area contributed by atoms with Crippen LogP contribution in [0, 0.1) is 0 Å². The Hall–Kier alpha value is -1.36. The fourth-order valence-corrected chi connectivity index (χ4v) is 2.94. The zero-order valence-corrected chi connectivity index (χ0v) is 15.4. The van der Waals surface area contributed by atoms with Crippen molar-refractivity contribution in [2.24, 2.45) is 0 Å². The lowest BCUT2D eigenvalue weighted by molar-refractivity contribution is -0.122. The molecule has 2 aromatic carbocycles. The molecule has 23 heavy (non-hydrogen) atoms. The van der Waals surface area contributed by atoms with Crippen LogP contribution in [0.25, 0.3) is 0 Å². The molecule has 5 heteroatoms. The molecule has 0 atom stereocenters. The van der Waals surface area contributed by atoms with Crippen LogP contribution in [0.3, 0.4) is 0 Å². The minimum atomic E-state index is 0.0292. The quantitative estimate of drug-likeness (QED) is 0.771. The van der Waals surface area contributed by atoms with E-state index in [1.54, 1.807) is 0 Å². The van der Waals surface area contributed by atoms with Crippen LogP contribution >= 0.6 is 27.5 Å².